The predicted molar refractivity (Wildman–Crippen MR) is 69.7 cm³/mol. The van der Waals surface area contributed by atoms with Crippen molar-refractivity contribution in [2.45, 2.75) is 65.0 Å². The second-order valence-corrected chi connectivity index (χ2v) is 6.41. The van der Waals surface area contributed by atoms with E-state index < -0.39 is 0 Å². The monoisotopic (exact) mass is 224 g/mol. The molecule has 1 heterocycles. The number of hydrogen-bond acceptors (Lipinski definition) is 2. The summed E-state index contributed by atoms with van der Waals surface area (Å²) in [4.78, 5) is 2.63. The molecule has 2 unspecified atom stereocenters. The number of nitrogens with one attached hydrogen (secondary N) is 1. The zero-order valence-electron chi connectivity index (χ0n) is 11.3. The van der Waals surface area contributed by atoms with Gasteiger partial charge in [0, 0.05) is 25.2 Å². The summed E-state index contributed by atoms with van der Waals surface area (Å²) in [7, 11) is 0. The van der Waals surface area contributed by atoms with E-state index in [-0.39, 0.29) is 0 Å². The summed E-state index contributed by atoms with van der Waals surface area (Å²) in [5.41, 5.74) is 0.524. The first kappa shape index (κ1) is 12.4. The summed E-state index contributed by atoms with van der Waals surface area (Å²) >= 11 is 0. The van der Waals surface area contributed by atoms with E-state index in [4.69, 9.17) is 0 Å². The van der Waals surface area contributed by atoms with Gasteiger partial charge in [-0.3, -0.25) is 4.90 Å². The van der Waals surface area contributed by atoms with Crippen LogP contribution in [0.2, 0.25) is 0 Å². The minimum atomic E-state index is 0.524. The van der Waals surface area contributed by atoms with Gasteiger partial charge in [0.2, 0.25) is 0 Å². The summed E-state index contributed by atoms with van der Waals surface area (Å²) in [6, 6.07) is 1.57. The number of rotatable bonds is 4. The number of nitrogens with zero attached hydrogens (tertiary/aromatic N) is 1. The maximum atomic E-state index is 3.78. The van der Waals surface area contributed by atoms with Crippen LogP contribution in [-0.4, -0.2) is 36.6 Å². The van der Waals surface area contributed by atoms with Crippen LogP contribution in [0.3, 0.4) is 0 Å². The lowest BCUT2D eigenvalue weighted by molar-refractivity contribution is 0.239. The van der Waals surface area contributed by atoms with E-state index in [1.807, 2.05) is 0 Å². The van der Waals surface area contributed by atoms with Crippen LogP contribution in [0.25, 0.3) is 0 Å². The van der Waals surface area contributed by atoms with Crippen molar-refractivity contribution in [3.8, 4) is 0 Å². The first-order valence-electron chi connectivity index (χ1n) is 7.07. The molecular weight excluding hydrogens is 196 g/mol. The Balaban J connectivity index is 1.68. The Labute approximate surface area is 101 Å². The highest BCUT2D eigenvalue weighted by Gasteiger charge is 2.33. The molecule has 0 aromatic rings. The SMILES string of the molecule is CC1CCCN1CCNC1CCCC1(C)C. The van der Waals surface area contributed by atoms with E-state index in [0.29, 0.717) is 5.41 Å². The van der Waals surface area contributed by atoms with Gasteiger partial charge in [-0.15, -0.1) is 0 Å². The first-order chi connectivity index (χ1) is 7.59. The Morgan fingerprint density at radius 2 is 2.06 bits per heavy atom. The Bertz CT molecular complexity index is 225. The second kappa shape index (κ2) is 5.05. The van der Waals surface area contributed by atoms with E-state index in [2.05, 4.69) is 31.0 Å². The highest BCUT2D eigenvalue weighted by atomic mass is 15.2. The summed E-state index contributed by atoms with van der Waals surface area (Å²) in [6.07, 6.45) is 6.98. The van der Waals surface area contributed by atoms with Gasteiger partial charge in [-0.2, -0.15) is 0 Å². The Hall–Kier alpha value is -0.0800. The van der Waals surface area contributed by atoms with Gasteiger partial charge < -0.3 is 5.32 Å². The van der Waals surface area contributed by atoms with E-state index in [1.165, 1.54) is 51.7 Å². The number of hydrogen-bond donors (Lipinski definition) is 1. The van der Waals surface area contributed by atoms with Crippen molar-refractivity contribution in [3.63, 3.8) is 0 Å². The highest BCUT2D eigenvalue weighted by molar-refractivity contribution is 4.90. The third kappa shape index (κ3) is 2.78. The predicted octanol–water partition coefficient (Wildman–Crippen LogP) is 2.64. The van der Waals surface area contributed by atoms with Gasteiger partial charge in [-0.1, -0.05) is 20.3 Å². The maximum absolute atomic E-state index is 3.78. The summed E-state index contributed by atoms with van der Waals surface area (Å²) in [6.45, 7) is 10.9. The largest absolute Gasteiger partial charge is 0.312 e. The van der Waals surface area contributed by atoms with Crippen LogP contribution in [0.1, 0.15) is 52.9 Å². The van der Waals surface area contributed by atoms with E-state index >= 15 is 0 Å². The third-order valence-electron chi connectivity index (χ3n) is 4.74. The molecule has 1 saturated carbocycles. The lowest BCUT2D eigenvalue weighted by atomic mass is 9.87. The van der Waals surface area contributed by atoms with Crippen LogP contribution in [0.15, 0.2) is 0 Å². The molecule has 0 amide bonds. The van der Waals surface area contributed by atoms with Crippen LogP contribution in [0, 0.1) is 5.41 Å². The fraction of sp³-hybridized carbons (Fsp3) is 1.00. The molecule has 2 fully saturated rings. The molecule has 2 atom stereocenters. The van der Waals surface area contributed by atoms with Crippen LogP contribution in [-0.2, 0) is 0 Å². The van der Waals surface area contributed by atoms with E-state index in [0.717, 1.165) is 12.1 Å². The van der Waals surface area contributed by atoms with Gasteiger partial charge in [-0.05, 0) is 44.6 Å². The second-order valence-electron chi connectivity index (χ2n) is 6.41. The molecule has 2 rings (SSSR count). The van der Waals surface area contributed by atoms with Crippen LogP contribution < -0.4 is 5.32 Å². The van der Waals surface area contributed by atoms with Crippen molar-refractivity contribution in [2.24, 2.45) is 5.41 Å². The molecule has 0 radical (unpaired) electrons. The smallest absolute Gasteiger partial charge is 0.0119 e. The van der Waals surface area contributed by atoms with Gasteiger partial charge >= 0.3 is 0 Å². The zero-order chi connectivity index (χ0) is 11.6. The number of likely N-dealkylation sites (tertiary alicyclic amines) is 1. The Kier molecular flexibility index (Phi) is 3.91. The van der Waals surface area contributed by atoms with Gasteiger partial charge in [-0.25, -0.2) is 0 Å². The van der Waals surface area contributed by atoms with E-state index in [1.54, 1.807) is 0 Å². The topological polar surface area (TPSA) is 15.3 Å². The molecule has 94 valence electrons. The molecule has 1 aliphatic carbocycles. The highest BCUT2D eigenvalue weighted by Crippen LogP contribution is 2.36. The van der Waals surface area contributed by atoms with Gasteiger partial charge in [0.15, 0.2) is 0 Å². The molecule has 0 spiro atoms. The lowest BCUT2D eigenvalue weighted by Gasteiger charge is -2.29. The standard InChI is InChI=1S/C14H28N2/c1-12-6-5-10-16(12)11-9-15-13-7-4-8-14(13,2)3/h12-13,15H,4-11H2,1-3H3. The fourth-order valence-electron chi connectivity index (χ4n) is 3.41. The molecule has 1 saturated heterocycles. The Morgan fingerprint density at radius 1 is 1.25 bits per heavy atom. The van der Waals surface area contributed by atoms with Crippen molar-refractivity contribution in [3.05, 3.63) is 0 Å². The normalized spacial score (nSPS) is 34.7. The summed E-state index contributed by atoms with van der Waals surface area (Å²) < 4.78 is 0. The quantitative estimate of drug-likeness (QED) is 0.790. The minimum absolute atomic E-state index is 0.524. The van der Waals surface area contributed by atoms with Crippen molar-refractivity contribution in [1.82, 2.24) is 10.2 Å². The summed E-state index contributed by atoms with van der Waals surface area (Å²) in [5, 5.41) is 3.78. The fourth-order valence-corrected chi connectivity index (χ4v) is 3.41. The van der Waals surface area contributed by atoms with Crippen LogP contribution in [0.5, 0.6) is 0 Å². The molecule has 2 aliphatic rings. The molecule has 0 aromatic heterocycles. The van der Waals surface area contributed by atoms with Crippen molar-refractivity contribution < 1.29 is 0 Å². The third-order valence-corrected chi connectivity index (χ3v) is 4.74. The Morgan fingerprint density at radius 3 is 2.62 bits per heavy atom. The van der Waals surface area contributed by atoms with Gasteiger partial charge in [0.1, 0.15) is 0 Å². The van der Waals surface area contributed by atoms with Crippen molar-refractivity contribution in [1.29, 1.82) is 0 Å². The minimum Gasteiger partial charge on any atom is -0.312 e. The average Bonchev–Trinajstić information content (AvgIpc) is 2.75. The van der Waals surface area contributed by atoms with E-state index in [9.17, 15) is 0 Å². The molecule has 0 bridgehead atoms. The van der Waals surface area contributed by atoms with Gasteiger partial charge in [0.05, 0.1) is 0 Å². The molecule has 0 aromatic carbocycles. The molecule has 2 heteroatoms. The van der Waals surface area contributed by atoms with Crippen molar-refractivity contribution >= 4 is 0 Å². The van der Waals surface area contributed by atoms with Gasteiger partial charge in [0.25, 0.3) is 0 Å². The molecule has 1 N–H and O–H groups in total. The molecule has 2 nitrogen and oxygen atoms in total. The maximum Gasteiger partial charge on any atom is 0.0119 e. The lowest BCUT2D eigenvalue weighted by Crippen LogP contribution is -2.42. The molecular formula is C14H28N2. The summed E-state index contributed by atoms with van der Waals surface area (Å²) in [5.74, 6) is 0. The molecule has 1 aliphatic heterocycles. The average molecular weight is 224 g/mol. The van der Waals surface area contributed by atoms with Crippen molar-refractivity contribution in [2.75, 3.05) is 19.6 Å². The molecule has 16 heavy (non-hydrogen) atoms. The van der Waals surface area contributed by atoms with Crippen LogP contribution in [0.4, 0.5) is 0 Å². The van der Waals surface area contributed by atoms with Crippen LogP contribution >= 0.6 is 0 Å². The first-order valence-corrected chi connectivity index (χ1v) is 7.07. The zero-order valence-corrected chi connectivity index (χ0v) is 11.3.